The van der Waals surface area contributed by atoms with Gasteiger partial charge in [-0.1, -0.05) is 23.7 Å². The number of pyridine rings is 1. The zero-order valence-electron chi connectivity index (χ0n) is 12.9. The van der Waals surface area contributed by atoms with Crippen molar-refractivity contribution in [2.45, 2.75) is 11.3 Å². The largest absolute Gasteiger partial charge is 0.370 e. The van der Waals surface area contributed by atoms with E-state index in [2.05, 4.69) is 4.98 Å². The summed E-state index contributed by atoms with van der Waals surface area (Å²) in [5.41, 5.74) is 0.708. The van der Waals surface area contributed by atoms with E-state index in [1.165, 1.54) is 22.6 Å². The number of benzene rings is 1. The van der Waals surface area contributed by atoms with Gasteiger partial charge in [-0.25, -0.2) is 13.4 Å². The third-order valence-electron chi connectivity index (χ3n) is 3.98. The van der Waals surface area contributed by atoms with Crippen LogP contribution in [0.5, 0.6) is 0 Å². The topological polar surface area (TPSA) is 53.5 Å². The van der Waals surface area contributed by atoms with E-state index in [1.54, 1.807) is 24.3 Å². The van der Waals surface area contributed by atoms with Gasteiger partial charge in [-0.2, -0.15) is 8.70 Å². The SMILES string of the molecule is O=S(=O)(c1ccccc1Cl)N1CCCN(c2ccnc(F)c2)CC1. The van der Waals surface area contributed by atoms with Gasteiger partial charge in [0.25, 0.3) is 0 Å². The first-order chi connectivity index (χ1) is 11.5. The van der Waals surface area contributed by atoms with E-state index < -0.39 is 16.0 Å². The minimum absolute atomic E-state index is 0.120. The molecule has 8 heteroatoms. The monoisotopic (exact) mass is 369 g/mol. The van der Waals surface area contributed by atoms with Crippen molar-refractivity contribution < 1.29 is 12.8 Å². The van der Waals surface area contributed by atoms with Gasteiger partial charge in [0, 0.05) is 44.1 Å². The number of nitrogens with zero attached hydrogens (tertiary/aromatic N) is 3. The van der Waals surface area contributed by atoms with Crippen LogP contribution in [0.2, 0.25) is 5.02 Å². The second kappa shape index (κ2) is 7.04. The van der Waals surface area contributed by atoms with E-state index in [1.807, 2.05) is 4.90 Å². The van der Waals surface area contributed by atoms with Crippen molar-refractivity contribution in [3.05, 3.63) is 53.6 Å². The van der Waals surface area contributed by atoms with E-state index >= 15 is 0 Å². The molecule has 24 heavy (non-hydrogen) atoms. The van der Waals surface area contributed by atoms with Crippen LogP contribution in [0.15, 0.2) is 47.5 Å². The van der Waals surface area contributed by atoms with Gasteiger partial charge >= 0.3 is 0 Å². The summed E-state index contributed by atoms with van der Waals surface area (Å²) in [5.74, 6) is -0.544. The Morgan fingerprint density at radius 1 is 1.08 bits per heavy atom. The molecule has 1 fully saturated rings. The van der Waals surface area contributed by atoms with E-state index in [-0.39, 0.29) is 9.92 Å². The molecule has 1 aliphatic rings. The zero-order chi connectivity index (χ0) is 17.2. The predicted molar refractivity (Wildman–Crippen MR) is 91.2 cm³/mol. The van der Waals surface area contributed by atoms with Crippen LogP contribution in [0.25, 0.3) is 0 Å². The highest BCUT2D eigenvalue weighted by Gasteiger charge is 2.28. The Kier molecular flexibility index (Phi) is 5.03. The van der Waals surface area contributed by atoms with Gasteiger partial charge in [-0.3, -0.25) is 0 Å². The van der Waals surface area contributed by atoms with Crippen molar-refractivity contribution in [3.63, 3.8) is 0 Å². The summed E-state index contributed by atoms with van der Waals surface area (Å²) in [4.78, 5) is 5.63. The highest BCUT2D eigenvalue weighted by atomic mass is 35.5. The smallest absolute Gasteiger partial charge is 0.244 e. The second-order valence-corrected chi connectivity index (χ2v) is 7.83. The van der Waals surface area contributed by atoms with Crippen LogP contribution < -0.4 is 4.90 Å². The minimum atomic E-state index is -3.64. The Morgan fingerprint density at radius 3 is 2.62 bits per heavy atom. The molecule has 5 nitrogen and oxygen atoms in total. The standard InChI is InChI=1S/C16H17ClFN3O2S/c17-14-4-1-2-5-15(14)24(22,23)21-9-3-8-20(10-11-21)13-6-7-19-16(18)12-13/h1-2,4-7,12H,3,8-11H2. The van der Waals surface area contributed by atoms with Crippen molar-refractivity contribution in [1.82, 2.24) is 9.29 Å². The summed E-state index contributed by atoms with van der Waals surface area (Å²) in [6.45, 7) is 1.85. The molecule has 0 atom stereocenters. The van der Waals surface area contributed by atoms with Crippen LogP contribution in [-0.2, 0) is 10.0 Å². The van der Waals surface area contributed by atoms with Gasteiger partial charge in [0.15, 0.2) is 0 Å². The summed E-state index contributed by atoms with van der Waals surface area (Å²) >= 11 is 6.05. The molecule has 0 radical (unpaired) electrons. The van der Waals surface area contributed by atoms with Gasteiger partial charge in [0.1, 0.15) is 4.90 Å². The Hall–Kier alpha value is -1.70. The van der Waals surface area contributed by atoms with Crippen molar-refractivity contribution in [3.8, 4) is 0 Å². The molecule has 2 heterocycles. The fourth-order valence-electron chi connectivity index (χ4n) is 2.77. The minimum Gasteiger partial charge on any atom is -0.370 e. The lowest BCUT2D eigenvalue weighted by Crippen LogP contribution is -2.35. The number of hydrogen-bond acceptors (Lipinski definition) is 4. The van der Waals surface area contributed by atoms with E-state index in [4.69, 9.17) is 11.6 Å². The Labute approximate surface area is 145 Å². The van der Waals surface area contributed by atoms with Crippen molar-refractivity contribution >= 4 is 27.3 Å². The maximum absolute atomic E-state index is 13.3. The van der Waals surface area contributed by atoms with Crippen LogP contribution in [0.3, 0.4) is 0 Å². The molecule has 0 amide bonds. The van der Waals surface area contributed by atoms with Crippen LogP contribution in [0.4, 0.5) is 10.1 Å². The van der Waals surface area contributed by atoms with E-state index in [0.717, 1.165) is 0 Å². The summed E-state index contributed by atoms with van der Waals surface area (Å²) < 4.78 is 40.4. The Bertz CT molecular complexity index is 832. The Morgan fingerprint density at radius 2 is 1.88 bits per heavy atom. The maximum Gasteiger partial charge on any atom is 0.244 e. The van der Waals surface area contributed by atoms with Crippen molar-refractivity contribution in [1.29, 1.82) is 0 Å². The fraction of sp³-hybridized carbons (Fsp3) is 0.312. The third-order valence-corrected chi connectivity index (χ3v) is 6.38. The second-order valence-electron chi connectivity index (χ2n) is 5.51. The summed E-state index contributed by atoms with van der Waals surface area (Å²) in [6, 6.07) is 9.52. The first-order valence-electron chi connectivity index (χ1n) is 7.60. The lowest BCUT2D eigenvalue weighted by Gasteiger charge is -2.23. The maximum atomic E-state index is 13.3. The Balaban J connectivity index is 1.79. The molecular weight excluding hydrogens is 353 g/mol. The lowest BCUT2D eigenvalue weighted by molar-refractivity contribution is 0.433. The van der Waals surface area contributed by atoms with Crippen LogP contribution in [0.1, 0.15) is 6.42 Å². The van der Waals surface area contributed by atoms with E-state index in [0.29, 0.717) is 38.3 Å². The number of rotatable bonds is 3. The number of sulfonamides is 1. The number of anilines is 1. The number of hydrogen-bond donors (Lipinski definition) is 0. The van der Waals surface area contributed by atoms with Crippen LogP contribution in [-0.4, -0.2) is 43.9 Å². The first kappa shape index (κ1) is 17.1. The lowest BCUT2D eigenvalue weighted by atomic mass is 10.3. The molecule has 0 saturated carbocycles. The molecule has 0 spiro atoms. The number of aromatic nitrogens is 1. The number of halogens is 2. The molecule has 3 rings (SSSR count). The van der Waals surface area contributed by atoms with Gasteiger partial charge in [-0.15, -0.1) is 0 Å². The summed E-state index contributed by atoms with van der Waals surface area (Å²) in [6.07, 6.45) is 2.06. The van der Waals surface area contributed by atoms with Crippen LogP contribution >= 0.6 is 11.6 Å². The quantitative estimate of drug-likeness (QED) is 0.781. The molecule has 2 aromatic rings. The van der Waals surface area contributed by atoms with Gasteiger partial charge in [-0.05, 0) is 24.6 Å². The highest BCUT2D eigenvalue weighted by Crippen LogP contribution is 2.26. The molecule has 1 aromatic heterocycles. The normalized spacial score (nSPS) is 16.8. The molecule has 1 aromatic carbocycles. The molecular formula is C16H17ClFN3O2S. The highest BCUT2D eigenvalue weighted by molar-refractivity contribution is 7.89. The van der Waals surface area contributed by atoms with Gasteiger partial charge in [0.2, 0.25) is 16.0 Å². The molecule has 0 unspecified atom stereocenters. The van der Waals surface area contributed by atoms with Gasteiger partial charge < -0.3 is 4.90 Å². The van der Waals surface area contributed by atoms with Crippen molar-refractivity contribution in [2.24, 2.45) is 0 Å². The molecule has 1 saturated heterocycles. The van der Waals surface area contributed by atoms with E-state index in [9.17, 15) is 12.8 Å². The predicted octanol–water partition coefficient (Wildman–Crippen LogP) is 2.78. The zero-order valence-corrected chi connectivity index (χ0v) is 14.5. The average molecular weight is 370 g/mol. The van der Waals surface area contributed by atoms with Gasteiger partial charge in [0.05, 0.1) is 5.02 Å². The summed E-state index contributed by atoms with van der Waals surface area (Å²) in [5, 5.41) is 0.217. The summed E-state index contributed by atoms with van der Waals surface area (Å²) in [7, 11) is -3.64. The molecule has 0 N–H and O–H groups in total. The average Bonchev–Trinajstić information content (AvgIpc) is 2.81. The molecule has 128 valence electrons. The van der Waals surface area contributed by atoms with Crippen molar-refractivity contribution in [2.75, 3.05) is 31.1 Å². The first-order valence-corrected chi connectivity index (χ1v) is 9.41. The third kappa shape index (κ3) is 3.53. The molecule has 1 aliphatic heterocycles. The molecule has 0 aliphatic carbocycles. The fourth-order valence-corrected chi connectivity index (χ4v) is 4.74. The van der Waals surface area contributed by atoms with Crippen LogP contribution in [0, 0.1) is 5.95 Å². The molecule has 0 bridgehead atoms.